The van der Waals surface area contributed by atoms with Crippen LogP contribution in [-0.2, 0) is 35.2 Å². The first-order valence-electron chi connectivity index (χ1n) is 11.8. The third kappa shape index (κ3) is 8.89. The minimum atomic E-state index is -1.40. The number of nitrogens with two attached hydrogens (primary N) is 2. The van der Waals surface area contributed by atoms with Gasteiger partial charge in [-0.1, -0.05) is 18.2 Å². The molecule has 14 nitrogen and oxygen atoms in total. The van der Waals surface area contributed by atoms with E-state index < -0.39 is 66.2 Å². The van der Waals surface area contributed by atoms with Gasteiger partial charge in [0, 0.05) is 36.4 Å². The normalized spacial score (nSPS) is 14.1. The molecule has 0 radical (unpaired) electrons. The van der Waals surface area contributed by atoms with Crippen LogP contribution < -0.4 is 27.4 Å². The molecule has 4 amide bonds. The number of carbonyl (C=O) groups is 6. The highest BCUT2D eigenvalue weighted by Gasteiger charge is 2.31. The van der Waals surface area contributed by atoms with Crippen molar-refractivity contribution in [3.8, 4) is 0 Å². The third-order valence-corrected chi connectivity index (χ3v) is 5.72. The number of aromatic nitrogens is 1. The summed E-state index contributed by atoms with van der Waals surface area (Å²) >= 11 is 0. The molecule has 0 fully saturated rings. The number of H-pyrrole nitrogens is 1. The number of para-hydroxylation sites is 1. The van der Waals surface area contributed by atoms with Crippen molar-refractivity contribution in [1.82, 2.24) is 20.9 Å². The van der Waals surface area contributed by atoms with Crippen LogP contribution in [0.15, 0.2) is 30.5 Å². The number of aliphatic carboxylic acids is 2. The Bertz CT molecular complexity index is 1190. The van der Waals surface area contributed by atoms with Gasteiger partial charge in [-0.3, -0.25) is 24.0 Å². The summed E-state index contributed by atoms with van der Waals surface area (Å²) in [5.74, 6) is -5.85. The van der Waals surface area contributed by atoms with Crippen molar-refractivity contribution in [1.29, 1.82) is 0 Å². The number of rotatable bonds is 15. The summed E-state index contributed by atoms with van der Waals surface area (Å²) in [6.45, 7) is 1.37. The molecule has 4 unspecified atom stereocenters. The summed E-state index contributed by atoms with van der Waals surface area (Å²) < 4.78 is 0. The first-order chi connectivity index (χ1) is 17.9. The number of aromatic amines is 1. The van der Waals surface area contributed by atoms with E-state index in [1.807, 2.05) is 12.1 Å². The molecule has 0 spiro atoms. The van der Waals surface area contributed by atoms with E-state index in [1.165, 1.54) is 6.92 Å². The van der Waals surface area contributed by atoms with Crippen LogP contribution in [0, 0.1) is 0 Å². The van der Waals surface area contributed by atoms with E-state index in [1.54, 1.807) is 18.3 Å². The van der Waals surface area contributed by atoms with E-state index in [9.17, 15) is 33.9 Å². The summed E-state index contributed by atoms with van der Waals surface area (Å²) in [5.41, 5.74) is 12.1. The van der Waals surface area contributed by atoms with Crippen molar-refractivity contribution in [2.45, 2.75) is 63.2 Å². The molecule has 10 N–H and O–H groups in total. The molecule has 2 aromatic rings. The fourth-order valence-corrected chi connectivity index (χ4v) is 3.66. The Hall–Kier alpha value is -4.46. The lowest BCUT2D eigenvalue weighted by atomic mass is 10.0. The number of hydrogen-bond donors (Lipinski definition) is 8. The molecule has 0 aliphatic carbocycles. The Labute approximate surface area is 217 Å². The molecule has 0 aliphatic heterocycles. The van der Waals surface area contributed by atoms with E-state index in [2.05, 4.69) is 20.9 Å². The second-order valence-corrected chi connectivity index (χ2v) is 8.81. The van der Waals surface area contributed by atoms with Crippen LogP contribution in [0.4, 0.5) is 0 Å². The summed E-state index contributed by atoms with van der Waals surface area (Å²) in [4.78, 5) is 75.4. The maximum atomic E-state index is 13.1. The van der Waals surface area contributed by atoms with Gasteiger partial charge in [0.2, 0.25) is 23.6 Å². The van der Waals surface area contributed by atoms with Crippen molar-refractivity contribution in [2.24, 2.45) is 11.5 Å². The summed E-state index contributed by atoms with van der Waals surface area (Å²) in [5, 5.41) is 26.6. The van der Waals surface area contributed by atoms with Gasteiger partial charge >= 0.3 is 11.9 Å². The van der Waals surface area contributed by atoms with Gasteiger partial charge in [-0.15, -0.1) is 0 Å². The van der Waals surface area contributed by atoms with Gasteiger partial charge in [0.25, 0.3) is 0 Å². The molecule has 0 bridgehead atoms. The predicted octanol–water partition coefficient (Wildman–Crippen LogP) is -1.27. The molecule has 1 aromatic carbocycles. The van der Waals surface area contributed by atoms with Crippen molar-refractivity contribution in [2.75, 3.05) is 0 Å². The zero-order chi connectivity index (χ0) is 28.4. The maximum absolute atomic E-state index is 13.1. The second kappa shape index (κ2) is 13.7. The Morgan fingerprint density at radius 1 is 0.868 bits per heavy atom. The lowest BCUT2D eigenvalue weighted by Crippen LogP contribution is -2.57. The number of primary amides is 1. The lowest BCUT2D eigenvalue weighted by molar-refractivity contribution is -0.142. The molecule has 206 valence electrons. The molecule has 1 heterocycles. The van der Waals surface area contributed by atoms with Crippen molar-refractivity contribution < 1.29 is 39.0 Å². The van der Waals surface area contributed by atoms with Crippen molar-refractivity contribution in [3.05, 3.63) is 36.0 Å². The fraction of sp³-hybridized carbons (Fsp3) is 0.417. The molecular weight excluding hydrogens is 500 g/mol. The molecule has 2 rings (SSSR count). The van der Waals surface area contributed by atoms with E-state index in [0.29, 0.717) is 5.56 Å². The summed E-state index contributed by atoms with van der Waals surface area (Å²) in [6, 6.07) is 2.08. The molecular formula is C24H32N6O8. The van der Waals surface area contributed by atoms with E-state index in [0.717, 1.165) is 10.9 Å². The summed E-state index contributed by atoms with van der Waals surface area (Å²) in [6.07, 6.45) is 0.202. The summed E-state index contributed by atoms with van der Waals surface area (Å²) in [7, 11) is 0. The number of carboxylic acids is 2. The number of fused-ring (bicyclic) bond motifs is 1. The van der Waals surface area contributed by atoms with Crippen LogP contribution in [0.1, 0.15) is 38.2 Å². The lowest BCUT2D eigenvalue weighted by Gasteiger charge is -2.24. The van der Waals surface area contributed by atoms with Crippen LogP contribution in [0.2, 0.25) is 0 Å². The van der Waals surface area contributed by atoms with E-state index in [4.69, 9.17) is 16.6 Å². The van der Waals surface area contributed by atoms with Crippen LogP contribution >= 0.6 is 0 Å². The number of carbonyl (C=O) groups excluding carboxylic acids is 4. The Balaban J connectivity index is 2.21. The standard InChI is InChI=1S/C24H32N6O8/c1-12(25)21(34)28-17(7-9-20(32)33)22(35)29-16(6-8-19(26)31)23(36)30-18(24(37)38)10-13-11-27-15-5-3-2-4-14(13)15/h2-5,11-12,16-18,27H,6-10,25H2,1H3,(H2,26,31)(H,28,34)(H,29,35)(H,30,36)(H,32,33)(H,37,38). The van der Waals surface area contributed by atoms with Gasteiger partial charge in [-0.25, -0.2) is 4.79 Å². The largest absolute Gasteiger partial charge is 0.481 e. The highest BCUT2D eigenvalue weighted by Crippen LogP contribution is 2.19. The Morgan fingerprint density at radius 2 is 1.42 bits per heavy atom. The van der Waals surface area contributed by atoms with E-state index >= 15 is 0 Å². The number of benzene rings is 1. The molecule has 0 aliphatic rings. The number of amides is 4. The zero-order valence-electron chi connectivity index (χ0n) is 20.7. The second-order valence-electron chi connectivity index (χ2n) is 8.81. The van der Waals surface area contributed by atoms with Crippen LogP contribution in [0.5, 0.6) is 0 Å². The predicted molar refractivity (Wildman–Crippen MR) is 134 cm³/mol. The smallest absolute Gasteiger partial charge is 0.326 e. The van der Waals surface area contributed by atoms with Crippen molar-refractivity contribution in [3.63, 3.8) is 0 Å². The topological polar surface area (TPSA) is 247 Å². The van der Waals surface area contributed by atoms with Gasteiger partial charge in [0.1, 0.15) is 18.1 Å². The monoisotopic (exact) mass is 532 g/mol. The Kier molecular flexibility index (Phi) is 10.8. The van der Waals surface area contributed by atoms with Gasteiger partial charge < -0.3 is 42.6 Å². The maximum Gasteiger partial charge on any atom is 0.326 e. The number of carboxylic acid groups (broad SMARTS) is 2. The molecule has 38 heavy (non-hydrogen) atoms. The highest BCUT2D eigenvalue weighted by atomic mass is 16.4. The van der Waals surface area contributed by atoms with Crippen LogP contribution in [0.3, 0.4) is 0 Å². The molecule has 14 heteroatoms. The van der Waals surface area contributed by atoms with Crippen LogP contribution in [0.25, 0.3) is 10.9 Å². The first kappa shape index (κ1) is 29.8. The minimum Gasteiger partial charge on any atom is -0.481 e. The third-order valence-electron chi connectivity index (χ3n) is 5.72. The van der Waals surface area contributed by atoms with Crippen LogP contribution in [-0.4, -0.2) is 74.9 Å². The average molecular weight is 533 g/mol. The van der Waals surface area contributed by atoms with Gasteiger partial charge in [-0.05, 0) is 31.4 Å². The number of nitrogens with one attached hydrogen (secondary N) is 4. The van der Waals surface area contributed by atoms with E-state index in [-0.39, 0.29) is 25.7 Å². The molecule has 0 saturated heterocycles. The minimum absolute atomic E-state index is 0.0761. The van der Waals surface area contributed by atoms with Gasteiger partial charge in [0.05, 0.1) is 6.04 Å². The van der Waals surface area contributed by atoms with Gasteiger partial charge in [0.15, 0.2) is 0 Å². The zero-order valence-corrected chi connectivity index (χ0v) is 20.7. The highest BCUT2D eigenvalue weighted by molar-refractivity contribution is 5.94. The molecule has 0 saturated carbocycles. The quantitative estimate of drug-likeness (QED) is 0.136. The number of hydrogen-bond acceptors (Lipinski definition) is 7. The van der Waals surface area contributed by atoms with Gasteiger partial charge in [-0.2, -0.15) is 0 Å². The first-order valence-corrected chi connectivity index (χ1v) is 11.8. The van der Waals surface area contributed by atoms with Crippen molar-refractivity contribution >= 4 is 46.5 Å². The SMILES string of the molecule is CC(N)C(=O)NC(CCC(=O)O)C(=O)NC(CCC(N)=O)C(=O)NC(Cc1c[nH]c2ccccc12)C(=O)O. The Morgan fingerprint density at radius 3 is 1.97 bits per heavy atom. The molecule has 1 aromatic heterocycles. The average Bonchev–Trinajstić information content (AvgIpc) is 3.25. The fourth-order valence-electron chi connectivity index (χ4n) is 3.66. The molecule has 4 atom stereocenters.